The van der Waals surface area contributed by atoms with Crippen molar-refractivity contribution < 1.29 is 14.6 Å². The minimum Gasteiger partial charge on any atom is -0.494 e. The first-order chi connectivity index (χ1) is 10.6. The van der Waals surface area contributed by atoms with Crippen molar-refractivity contribution in [1.82, 2.24) is 0 Å². The number of hydrogen-bond acceptors (Lipinski definition) is 4. The van der Waals surface area contributed by atoms with Crippen molar-refractivity contribution in [3.8, 4) is 5.75 Å². The van der Waals surface area contributed by atoms with Crippen molar-refractivity contribution in [2.45, 2.75) is 18.2 Å². The van der Waals surface area contributed by atoms with E-state index in [1.807, 2.05) is 54.7 Å². The van der Waals surface area contributed by atoms with E-state index in [9.17, 15) is 9.90 Å². The van der Waals surface area contributed by atoms with E-state index in [4.69, 9.17) is 4.74 Å². The largest absolute Gasteiger partial charge is 0.494 e. The van der Waals surface area contributed by atoms with Gasteiger partial charge in [-0.3, -0.25) is 0 Å². The van der Waals surface area contributed by atoms with Gasteiger partial charge in [-0.1, -0.05) is 25.1 Å². The molecule has 4 nitrogen and oxygen atoms in total. The van der Waals surface area contributed by atoms with Gasteiger partial charge in [-0.15, -0.1) is 0 Å². The first kappa shape index (κ1) is 16.2. The van der Waals surface area contributed by atoms with E-state index in [2.05, 4.69) is 0 Å². The molecule has 2 rings (SSSR count). The Morgan fingerprint density at radius 2 is 1.95 bits per heavy atom. The molecule has 0 aliphatic carbocycles. The predicted molar refractivity (Wildman–Crippen MR) is 89.9 cm³/mol. The lowest BCUT2D eigenvalue weighted by Crippen LogP contribution is -2.09. The molecule has 22 heavy (non-hydrogen) atoms. The number of ether oxygens (including phenoxy) is 1. The highest BCUT2D eigenvalue weighted by Crippen LogP contribution is 2.31. The molecule has 0 bridgehead atoms. The van der Waals surface area contributed by atoms with Gasteiger partial charge in [0.25, 0.3) is 0 Å². The van der Waals surface area contributed by atoms with Crippen molar-refractivity contribution in [3.63, 3.8) is 0 Å². The van der Waals surface area contributed by atoms with Gasteiger partial charge in [0.2, 0.25) is 0 Å². The molecule has 0 amide bonds. The summed E-state index contributed by atoms with van der Waals surface area (Å²) in [6, 6.07) is 15.0. The van der Waals surface area contributed by atoms with Crippen LogP contribution >= 0.6 is 11.9 Å². The first-order valence-corrected chi connectivity index (χ1v) is 7.85. The van der Waals surface area contributed by atoms with Gasteiger partial charge in [0.05, 0.1) is 17.9 Å². The number of rotatable bonds is 7. The van der Waals surface area contributed by atoms with E-state index in [0.29, 0.717) is 12.4 Å². The Bertz CT molecular complexity index is 631. The maximum absolute atomic E-state index is 11.3. The van der Waals surface area contributed by atoms with Crippen molar-refractivity contribution in [2.24, 2.45) is 0 Å². The minimum atomic E-state index is -0.957. The summed E-state index contributed by atoms with van der Waals surface area (Å²) < 4.78 is 7.52. The topological polar surface area (TPSA) is 49.8 Å². The fourth-order valence-electron chi connectivity index (χ4n) is 1.88. The Labute approximate surface area is 134 Å². The van der Waals surface area contributed by atoms with E-state index in [1.54, 1.807) is 12.1 Å². The Morgan fingerprint density at radius 3 is 2.59 bits per heavy atom. The molecule has 116 valence electrons. The molecule has 0 aromatic heterocycles. The molecule has 0 aliphatic rings. The molecule has 2 aromatic rings. The summed E-state index contributed by atoms with van der Waals surface area (Å²) in [4.78, 5) is 12.4. The van der Waals surface area contributed by atoms with E-state index in [0.717, 1.165) is 17.0 Å². The smallest absolute Gasteiger partial charge is 0.335 e. The van der Waals surface area contributed by atoms with Gasteiger partial charge >= 0.3 is 5.97 Å². The fourth-order valence-corrected chi connectivity index (χ4v) is 2.69. The van der Waals surface area contributed by atoms with Gasteiger partial charge in [0.15, 0.2) is 0 Å². The normalized spacial score (nSPS) is 10.3. The van der Waals surface area contributed by atoms with Gasteiger partial charge < -0.3 is 14.1 Å². The van der Waals surface area contributed by atoms with Crippen LogP contribution in [0.3, 0.4) is 0 Å². The molecule has 0 unspecified atom stereocenters. The monoisotopic (exact) mass is 317 g/mol. The summed E-state index contributed by atoms with van der Waals surface area (Å²) in [5.41, 5.74) is 1.02. The molecule has 0 atom stereocenters. The quantitative estimate of drug-likeness (QED) is 0.771. The van der Waals surface area contributed by atoms with Gasteiger partial charge in [-0.2, -0.15) is 0 Å². The van der Waals surface area contributed by atoms with Crippen LogP contribution in [0.5, 0.6) is 5.75 Å². The number of nitrogens with zero attached hydrogens (tertiary/aromatic N) is 1. The van der Waals surface area contributed by atoms with Crippen molar-refractivity contribution >= 4 is 23.6 Å². The summed E-state index contributed by atoms with van der Waals surface area (Å²) in [5.74, 6) is -0.376. The molecule has 1 N–H and O–H groups in total. The van der Waals surface area contributed by atoms with Crippen LogP contribution in [0.2, 0.25) is 0 Å². The first-order valence-electron chi connectivity index (χ1n) is 7.08. The molecular formula is C17H19NO3S. The maximum Gasteiger partial charge on any atom is 0.335 e. The van der Waals surface area contributed by atoms with E-state index in [-0.39, 0.29) is 5.56 Å². The molecule has 0 heterocycles. The molecule has 0 saturated heterocycles. The number of benzene rings is 2. The van der Waals surface area contributed by atoms with Gasteiger partial charge in [-0.05, 0) is 42.6 Å². The third-order valence-electron chi connectivity index (χ3n) is 2.96. The lowest BCUT2D eigenvalue weighted by atomic mass is 10.2. The third-order valence-corrected chi connectivity index (χ3v) is 3.93. The molecule has 0 saturated carbocycles. The fraction of sp³-hybridized carbons (Fsp3) is 0.235. The Kier molecular flexibility index (Phi) is 5.72. The average Bonchev–Trinajstić information content (AvgIpc) is 2.53. The molecular weight excluding hydrogens is 298 g/mol. The lowest BCUT2D eigenvalue weighted by molar-refractivity contribution is 0.0696. The Morgan fingerprint density at radius 1 is 1.23 bits per heavy atom. The number of hydrogen-bond donors (Lipinski definition) is 1. The van der Waals surface area contributed by atoms with Crippen LogP contribution in [-0.2, 0) is 0 Å². The highest BCUT2D eigenvalue weighted by atomic mass is 32.2. The van der Waals surface area contributed by atoms with Crippen molar-refractivity contribution in [2.75, 3.05) is 18.0 Å². The highest BCUT2D eigenvalue weighted by molar-refractivity contribution is 8.00. The third kappa shape index (κ3) is 4.43. The maximum atomic E-state index is 11.3. The summed E-state index contributed by atoms with van der Waals surface area (Å²) in [6.45, 7) is 2.58. The molecule has 0 aliphatic heterocycles. The van der Waals surface area contributed by atoms with Gasteiger partial charge in [0, 0.05) is 18.0 Å². The predicted octanol–water partition coefficient (Wildman–Crippen LogP) is 4.32. The zero-order chi connectivity index (χ0) is 15.9. The molecule has 0 spiro atoms. The Balaban J connectivity index is 2.24. The number of anilines is 1. The van der Waals surface area contributed by atoms with Crippen LogP contribution in [0.1, 0.15) is 23.7 Å². The number of aromatic carboxylic acids is 1. The number of carbonyl (C=O) groups is 1. The second kappa shape index (κ2) is 7.75. The number of carboxylic acid groups (broad SMARTS) is 1. The van der Waals surface area contributed by atoms with Crippen LogP contribution in [0, 0.1) is 0 Å². The van der Waals surface area contributed by atoms with E-state index in [1.165, 1.54) is 11.9 Å². The molecule has 2 aromatic carbocycles. The van der Waals surface area contributed by atoms with Crippen LogP contribution in [0.4, 0.5) is 5.69 Å². The summed E-state index contributed by atoms with van der Waals surface area (Å²) >= 11 is 1.53. The van der Waals surface area contributed by atoms with Crippen molar-refractivity contribution in [1.29, 1.82) is 0 Å². The molecule has 5 heteroatoms. The second-order valence-corrected chi connectivity index (χ2v) is 5.97. The lowest BCUT2D eigenvalue weighted by Gasteiger charge is -2.19. The summed E-state index contributed by atoms with van der Waals surface area (Å²) in [6.07, 6.45) is 0.876. The zero-order valence-electron chi connectivity index (χ0n) is 12.7. The SMILES string of the molecule is CCCOc1cc(C(=O)O)cc(N(C)Sc2ccccc2)c1. The average molecular weight is 317 g/mol. The molecule has 0 fully saturated rings. The number of carboxylic acids is 1. The standard InChI is InChI=1S/C17H19NO3S/c1-3-9-21-15-11-13(17(19)20)10-14(12-15)18(2)22-16-7-5-4-6-8-16/h4-8,10-12H,3,9H2,1-2H3,(H,19,20). The summed E-state index contributed by atoms with van der Waals surface area (Å²) in [5, 5.41) is 9.25. The van der Waals surface area contributed by atoms with Gasteiger partial charge in [0.1, 0.15) is 5.75 Å². The Hall–Kier alpha value is -2.14. The van der Waals surface area contributed by atoms with Crippen molar-refractivity contribution in [3.05, 3.63) is 54.1 Å². The zero-order valence-corrected chi connectivity index (χ0v) is 13.5. The minimum absolute atomic E-state index is 0.226. The van der Waals surface area contributed by atoms with Crippen LogP contribution < -0.4 is 9.04 Å². The van der Waals surface area contributed by atoms with Crippen LogP contribution in [-0.4, -0.2) is 24.7 Å². The van der Waals surface area contributed by atoms with Gasteiger partial charge in [-0.25, -0.2) is 4.79 Å². The van der Waals surface area contributed by atoms with Crippen LogP contribution in [0.25, 0.3) is 0 Å². The second-order valence-electron chi connectivity index (χ2n) is 4.77. The molecule has 0 radical (unpaired) electrons. The summed E-state index contributed by atoms with van der Waals surface area (Å²) in [7, 11) is 1.90. The van der Waals surface area contributed by atoms with Crippen LogP contribution in [0.15, 0.2) is 53.4 Å². The van der Waals surface area contributed by atoms with E-state index < -0.39 is 5.97 Å². The van der Waals surface area contributed by atoms with E-state index >= 15 is 0 Å². The highest BCUT2D eigenvalue weighted by Gasteiger charge is 2.11.